The SMILES string of the molecule is CC(=O)NC(C)(C(O)=S)c1cccc([N+](=O)[O-])c1[N+](=O)[O-]. The summed E-state index contributed by atoms with van der Waals surface area (Å²) in [5.41, 5.74) is -3.67. The van der Waals surface area contributed by atoms with E-state index in [1.54, 1.807) is 0 Å². The van der Waals surface area contributed by atoms with E-state index in [1.165, 1.54) is 19.1 Å². The van der Waals surface area contributed by atoms with Crippen molar-refractivity contribution in [1.82, 2.24) is 5.32 Å². The van der Waals surface area contributed by atoms with Crippen molar-refractivity contribution < 1.29 is 19.7 Å². The summed E-state index contributed by atoms with van der Waals surface area (Å²) in [7, 11) is 0. The average Bonchev–Trinajstić information content (AvgIpc) is 2.36. The zero-order chi connectivity index (χ0) is 16.4. The van der Waals surface area contributed by atoms with Crippen LogP contribution in [-0.4, -0.2) is 25.9 Å². The predicted molar refractivity (Wildman–Crippen MR) is 76.1 cm³/mol. The number of carbonyl (C=O) groups excluding carboxylic acids is 1. The van der Waals surface area contributed by atoms with Crippen LogP contribution in [0.1, 0.15) is 19.4 Å². The molecule has 2 N–H and O–H groups in total. The second-order valence-corrected chi connectivity index (χ2v) is 4.69. The molecule has 0 saturated heterocycles. The van der Waals surface area contributed by atoms with E-state index in [0.717, 1.165) is 13.0 Å². The largest absolute Gasteiger partial charge is 0.500 e. The van der Waals surface area contributed by atoms with Gasteiger partial charge in [0.15, 0.2) is 5.05 Å². The van der Waals surface area contributed by atoms with Crippen LogP contribution < -0.4 is 5.32 Å². The van der Waals surface area contributed by atoms with Crippen LogP contribution in [0.15, 0.2) is 18.2 Å². The van der Waals surface area contributed by atoms with E-state index in [1.807, 2.05) is 0 Å². The Bertz CT molecular complexity index is 647. The van der Waals surface area contributed by atoms with E-state index in [-0.39, 0.29) is 5.56 Å². The molecule has 1 amide bonds. The number of amides is 1. The normalized spacial score (nSPS) is 13.0. The van der Waals surface area contributed by atoms with Crippen molar-refractivity contribution in [3.8, 4) is 0 Å². The van der Waals surface area contributed by atoms with Crippen LogP contribution in [0, 0.1) is 20.2 Å². The van der Waals surface area contributed by atoms with Gasteiger partial charge >= 0.3 is 11.4 Å². The molecule has 0 aromatic heterocycles. The average molecular weight is 313 g/mol. The topological polar surface area (TPSA) is 136 Å². The van der Waals surface area contributed by atoms with Crippen LogP contribution in [0.25, 0.3) is 0 Å². The van der Waals surface area contributed by atoms with Gasteiger partial charge in [0.25, 0.3) is 0 Å². The third-order valence-corrected chi connectivity index (χ3v) is 3.19. The first-order valence-corrected chi connectivity index (χ1v) is 5.96. The summed E-state index contributed by atoms with van der Waals surface area (Å²) in [6.45, 7) is 2.35. The van der Waals surface area contributed by atoms with E-state index in [0.29, 0.717) is 0 Å². The Labute approximate surface area is 123 Å². The highest BCUT2D eigenvalue weighted by Crippen LogP contribution is 2.37. The molecule has 0 radical (unpaired) electrons. The molecule has 21 heavy (non-hydrogen) atoms. The molecule has 1 aromatic rings. The number of para-hydroxylation sites is 1. The lowest BCUT2D eigenvalue weighted by molar-refractivity contribution is -0.423. The zero-order valence-corrected chi connectivity index (χ0v) is 11.8. The quantitative estimate of drug-likeness (QED) is 0.480. The van der Waals surface area contributed by atoms with E-state index < -0.39 is 37.7 Å². The minimum absolute atomic E-state index is 0.274. The van der Waals surface area contributed by atoms with Crippen molar-refractivity contribution >= 4 is 34.6 Å². The standard InChI is InChI=1S/C11H11N3O6S/c1-6(15)12-11(2,10(16)21)7-4-3-5-8(13(17)18)9(7)14(19)20/h3-5H,1-2H3,(H,12,15)(H,16,21). The molecule has 0 fully saturated rings. The maximum atomic E-state index is 11.3. The molecule has 0 aliphatic carbocycles. The third kappa shape index (κ3) is 3.11. The number of aliphatic hydroxyl groups excluding tert-OH is 1. The summed E-state index contributed by atoms with van der Waals surface area (Å²) in [6, 6.07) is 3.35. The highest BCUT2D eigenvalue weighted by molar-refractivity contribution is 7.80. The van der Waals surface area contributed by atoms with Crippen LogP contribution in [-0.2, 0) is 10.3 Å². The molecule has 1 unspecified atom stereocenters. The third-order valence-electron chi connectivity index (χ3n) is 2.79. The van der Waals surface area contributed by atoms with Gasteiger partial charge in [-0.25, -0.2) is 0 Å². The lowest BCUT2D eigenvalue weighted by Crippen LogP contribution is -2.48. The van der Waals surface area contributed by atoms with Gasteiger partial charge in [-0.05, 0) is 25.2 Å². The van der Waals surface area contributed by atoms with Crippen LogP contribution in [0.3, 0.4) is 0 Å². The van der Waals surface area contributed by atoms with Gasteiger partial charge in [-0.15, -0.1) is 0 Å². The maximum Gasteiger partial charge on any atom is 0.352 e. The Morgan fingerprint density at radius 1 is 1.33 bits per heavy atom. The van der Waals surface area contributed by atoms with E-state index >= 15 is 0 Å². The van der Waals surface area contributed by atoms with Gasteiger partial charge in [-0.1, -0.05) is 6.07 Å². The fraction of sp³-hybridized carbons (Fsp3) is 0.273. The molecule has 0 aliphatic rings. The molecule has 0 spiro atoms. The Morgan fingerprint density at radius 3 is 2.29 bits per heavy atom. The lowest BCUT2D eigenvalue weighted by Gasteiger charge is -2.27. The van der Waals surface area contributed by atoms with Crippen molar-refractivity contribution in [3.63, 3.8) is 0 Å². The number of nitrogens with zero attached hydrogens (tertiary/aromatic N) is 2. The highest BCUT2D eigenvalue weighted by atomic mass is 32.1. The number of hydrogen-bond donors (Lipinski definition) is 2. The van der Waals surface area contributed by atoms with Gasteiger partial charge in [0.05, 0.1) is 15.4 Å². The minimum Gasteiger partial charge on any atom is -0.500 e. The van der Waals surface area contributed by atoms with Gasteiger partial charge in [0, 0.05) is 13.0 Å². The van der Waals surface area contributed by atoms with Crippen LogP contribution in [0.2, 0.25) is 0 Å². The van der Waals surface area contributed by atoms with E-state index in [9.17, 15) is 30.1 Å². The first-order chi connectivity index (χ1) is 9.61. The predicted octanol–water partition coefficient (Wildman–Crippen LogP) is 1.74. The number of benzene rings is 1. The fourth-order valence-electron chi connectivity index (χ4n) is 1.86. The van der Waals surface area contributed by atoms with Crippen LogP contribution in [0.5, 0.6) is 0 Å². The molecule has 9 nitrogen and oxygen atoms in total. The zero-order valence-electron chi connectivity index (χ0n) is 11.0. The summed E-state index contributed by atoms with van der Waals surface area (Å²) < 4.78 is 0. The number of nitro benzene ring substituents is 2. The molecular formula is C11H11N3O6S. The molecule has 0 saturated carbocycles. The second kappa shape index (κ2) is 5.79. The fourth-order valence-corrected chi connectivity index (χ4v) is 2.02. The van der Waals surface area contributed by atoms with Gasteiger partial charge < -0.3 is 10.4 Å². The maximum absolute atomic E-state index is 11.3. The molecule has 0 heterocycles. The molecule has 1 atom stereocenters. The van der Waals surface area contributed by atoms with E-state index in [2.05, 4.69) is 17.5 Å². The van der Waals surface area contributed by atoms with Crippen molar-refractivity contribution in [2.45, 2.75) is 19.4 Å². The molecule has 1 rings (SSSR count). The molecule has 0 bridgehead atoms. The second-order valence-electron chi connectivity index (χ2n) is 4.30. The van der Waals surface area contributed by atoms with Gasteiger partial charge in [-0.2, -0.15) is 0 Å². The summed E-state index contributed by atoms with van der Waals surface area (Å²) >= 11 is 4.63. The number of carbonyl (C=O) groups is 1. The van der Waals surface area contributed by atoms with Crippen molar-refractivity contribution in [3.05, 3.63) is 44.0 Å². The van der Waals surface area contributed by atoms with Gasteiger partial charge in [-0.3, -0.25) is 25.0 Å². The summed E-state index contributed by atoms with van der Waals surface area (Å²) in [4.78, 5) is 31.5. The number of nitrogens with one attached hydrogen (secondary N) is 1. The number of nitro groups is 2. The lowest BCUT2D eigenvalue weighted by atomic mass is 9.90. The summed E-state index contributed by atoms with van der Waals surface area (Å²) in [6.07, 6.45) is 0. The Kier molecular flexibility index (Phi) is 4.53. The number of rotatable bonds is 5. The van der Waals surface area contributed by atoms with Crippen LogP contribution >= 0.6 is 12.2 Å². The highest BCUT2D eigenvalue weighted by Gasteiger charge is 2.42. The van der Waals surface area contributed by atoms with Crippen molar-refractivity contribution in [1.29, 1.82) is 0 Å². The van der Waals surface area contributed by atoms with E-state index in [4.69, 9.17) is 0 Å². The van der Waals surface area contributed by atoms with Gasteiger partial charge in [0.2, 0.25) is 5.91 Å². The van der Waals surface area contributed by atoms with Crippen molar-refractivity contribution in [2.24, 2.45) is 0 Å². The Hall–Kier alpha value is -2.62. The first kappa shape index (κ1) is 16.4. The van der Waals surface area contributed by atoms with Crippen molar-refractivity contribution in [2.75, 3.05) is 0 Å². The molecular weight excluding hydrogens is 302 g/mol. The minimum atomic E-state index is -1.80. The molecule has 112 valence electrons. The molecule has 10 heteroatoms. The van der Waals surface area contributed by atoms with Crippen LogP contribution in [0.4, 0.5) is 11.4 Å². The number of hydrogen-bond acceptors (Lipinski definition) is 6. The smallest absolute Gasteiger partial charge is 0.352 e. The molecule has 0 aliphatic heterocycles. The number of thiocarbonyl (C=S) groups is 1. The monoisotopic (exact) mass is 313 g/mol. The summed E-state index contributed by atoms with van der Waals surface area (Å²) in [5, 5.41) is 33.2. The Morgan fingerprint density at radius 2 is 1.90 bits per heavy atom. The first-order valence-electron chi connectivity index (χ1n) is 5.55. The van der Waals surface area contributed by atoms with Gasteiger partial charge in [0.1, 0.15) is 5.54 Å². The number of aliphatic hydroxyl groups is 1. The summed E-state index contributed by atoms with van der Waals surface area (Å²) in [5.74, 6) is -0.616. The molecule has 1 aromatic carbocycles. The Balaban J connectivity index is 3.71.